The van der Waals surface area contributed by atoms with Crippen LogP contribution in [0, 0.1) is 11.6 Å². The van der Waals surface area contributed by atoms with Crippen LogP contribution >= 0.6 is 12.4 Å². The molecule has 7 heteroatoms. The minimum absolute atomic E-state index is 0. The molecule has 19 heavy (non-hydrogen) atoms. The number of hydrogen-bond donors (Lipinski definition) is 1. The van der Waals surface area contributed by atoms with Gasteiger partial charge >= 0.3 is 0 Å². The maximum absolute atomic E-state index is 13.1. The molecule has 0 atom stereocenters. The van der Waals surface area contributed by atoms with Gasteiger partial charge in [-0.1, -0.05) is 5.16 Å². The highest BCUT2D eigenvalue weighted by Gasteiger charge is 2.26. The monoisotopic (exact) mass is 289 g/mol. The van der Waals surface area contributed by atoms with E-state index in [0.29, 0.717) is 18.0 Å². The van der Waals surface area contributed by atoms with Gasteiger partial charge in [-0.2, -0.15) is 4.98 Å². The summed E-state index contributed by atoms with van der Waals surface area (Å²) in [5.41, 5.74) is 5.50. The lowest BCUT2D eigenvalue weighted by molar-refractivity contribution is 0.311. The summed E-state index contributed by atoms with van der Waals surface area (Å²) >= 11 is 0. The van der Waals surface area contributed by atoms with Crippen LogP contribution in [-0.2, 0) is 5.41 Å². The lowest BCUT2D eigenvalue weighted by atomic mass is 9.94. The maximum atomic E-state index is 13.1. The van der Waals surface area contributed by atoms with Crippen molar-refractivity contribution in [1.82, 2.24) is 10.1 Å². The summed E-state index contributed by atoms with van der Waals surface area (Å²) in [5.74, 6) is -1.28. The molecule has 0 amide bonds. The Morgan fingerprint density at radius 3 is 2.53 bits per heavy atom. The van der Waals surface area contributed by atoms with Crippen molar-refractivity contribution in [3.63, 3.8) is 0 Å². The van der Waals surface area contributed by atoms with Crippen LogP contribution in [0.3, 0.4) is 0 Å². The minimum Gasteiger partial charge on any atom is -0.338 e. The summed E-state index contributed by atoms with van der Waals surface area (Å²) in [7, 11) is 0. The molecule has 0 bridgehead atoms. The molecule has 4 nitrogen and oxygen atoms in total. The van der Waals surface area contributed by atoms with Crippen molar-refractivity contribution in [2.45, 2.75) is 19.3 Å². The molecule has 2 aromatic rings. The third-order valence-electron chi connectivity index (χ3n) is 2.69. The van der Waals surface area contributed by atoms with E-state index in [1.165, 1.54) is 6.07 Å². The highest BCUT2D eigenvalue weighted by molar-refractivity contribution is 5.85. The molecule has 2 N–H and O–H groups in total. The van der Waals surface area contributed by atoms with E-state index in [4.69, 9.17) is 10.3 Å². The van der Waals surface area contributed by atoms with Crippen molar-refractivity contribution in [3.05, 3.63) is 35.7 Å². The average Bonchev–Trinajstić information content (AvgIpc) is 2.83. The summed E-state index contributed by atoms with van der Waals surface area (Å²) in [4.78, 5) is 4.15. The van der Waals surface area contributed by atoms with Crippen molar-refractivity contribution in [3.8, 4) is 11.4 Å². The predicted octanol–water partition coefficient (Wildman–Crippen LogP) is 2.67. The van der Waals surface area contributed by atoms with Gasteiger partial charge in [-0.05, 0) is 32.0 Å². The number of rotatable bonds is 3. The van der Waals surface area contributed by atoms with Gasteiger partial charge < -0.3 is 10.3 Å². The van der Waals surface area contributed by atoms with Crippen molar-refractivity contribution in [1.29, 1.82) is 0 Å². The Hall–Kier alpha value is -1.53. The van der Waals surface area contributed by atoms with Gasteiger partial charge in [0.25, 0.3) is 0 Å². The second-order valence-corrected chi connectivity index (χ2v) is 4.64. The minimum atomic E-state index is -0.947. The van der Waals surface area contributed by atoms with E-state index in [1.807, 2.05) is 13.8 Å². The highest BCUT2D eigenvalue weighted by Crippen LogP contribution is 2.24. The van der Waals surface area contributed by atoms with E-state index < -0.39 is 17.0 Å². The fourth-order valence-corrected chi connectivity index (χ4v) is 1.34. The molecule has 104 valence electrons. The molecule has 1 aromatic heterocycles. The Bertz CT molecular complexity index is 572. The Balaban J connectivity index is 0.00000180. The Labute approximate surface area is 115 Å². The Morgan fingerprint density at radius 2 is 1.95 bits per heavy atom. The fourth-order valence-electron chi connectivity index (χ4n) is 1.34. The lowest BCUT2D eigenvalue weighted by Gasteiger charge is -2.15. The van der Waals surface area contributed by atoms with Crippen LogP contribution < -0.4 is 5.73 Å². The first-order chi connectivity index (χ1) is 8.44. The highest BCUT2D eigenvalue weighted by atomic mass is 35.5. The average molecular weight is 290 g/mol. The van der Waals surface area contributed by atoms with Gasteiger partial charge in [-0.25, -0.2) is 8.78 Å². The molecule has 0 fully saturated rings. The molecule has 0 aliphatic carbocycles. The summed E-state index contributed by atoms with van der Waals surface area (Å²) in [6.45, 7) is 4.05. The van der Waals surface area contributed by atoms with E-state index in [1.54, 1.807) is 0 Å². The number of nitrogens with zero attached hydrogens (tertiary/aromatic N) is 2. The summed E-state index contributed by atoms with van der Waals surface area (Å²) < 4.78 is 31.0. The van der Waals surface area contributed by atoms with E-state index >= 15 is 0 Å². The molecule has 0 spiro atoms. The molecule has 0 aliphatic heterocycles. The second kappa shape index (κ2) is 5.63. The van der Waals surface area contributed by atoms with Crippen LogP contribution in [-0.4, -0.2) is 16.7 Å². The zero-order valence-corrected chi connectivity index (χ0v) is 11.3. The van der Waals surface area contributed by atoms with Crippen LogP contribution in [0.1, 0.15) is 19.7 Å². The number of aromatic nitrogens is 2. The summed E-state index contributed by atoms with van der Waals surface area (Å²) in [5, 5.41) is 3.74. The Kier molecular flexibility index (Phi) is 4.60. The van der Waals surface area contributed by atoms with Crippen LogP contribution in [0.2, 0.25) is 0 Å². The van der Waals surface area contributed by atoms with Crippen LogP contribution in [0.4, 0.5) is 8.78 Å². The molecular weight excluding hydrogens is 276 g/mol. The first kappa shape index (κ1) is 15.5. The molecule has 2 rings (SSSR count). The van der Waals surface area contributed by atoms with Gasteiger partial charge in [0, 0.05) is 12.1 Å². The molecule has 1 heterocycles. The topological polar surface area (TPSA) is 64.9 Å². The van der Waals surface area contributed by atoms with Gasteiger partial charge in [0.1, 0.15) is 0 Å². The van der Waals surface area contributed by atoms with E-state index in [2.05, 4.69) is 10.1 Å². The van der Waals surface area contributed by atoms with Gasteiger partial charge in [-0.3, -0.25) is 0 Å². The van der Waals surface area contributed by atoms with Crippen molar-refractivity contribution in [2.75, 3.05) is 6.54 Å². The molecular formula is C12H14ClF2N3O. The second-order valence-electron chi connectivity index (χ2n) is 4.64. The predicted molar refractivity (Wildman–Crippen MR) is 69.0 cm³/mol. The standard InChI is InChI=1S/C12H13F2N3O.ClH/c1-12(2,6-15)11-16-10(17-18-11)7-3-4-8(13)9(14)5-7;/h3-5H,6,15H2,1-2H3;1H. The maximum Gasteiger partial charge on any atom is 0.233 e. The molecule has 0 unspecified atom stereocenters. The van der Waals surface area contributed by atoms with E-state index in [9.17, 15) is 8.78 Å². The number of hydrogen-bond acceptors (Lipinski definition) is 4. The SMILES string of the molecule is CC(C)(CN)c1nc(-c2ccc(F)c(F)c2)no1.Cl. The normalized spacial score (nSPS) is 11.2. The van der Waals surface area contributed by atoms with Crippen LogP contribution in [0.15, 0.2) is 22.7 Å². The number of nitrogens with two attached hydrogens (primary N) is 1. The lowest BCUT2D eigenvalue weighted by Crippen LogP contribution is -2.28. The van der Waals surface area contributed by atoms with E-state index in [-0.39, 0.29) is 18.2 Å². The molecule has 1 aromatic carbocycles. The van der Waals surface area contributed by atoms with Gasteiger partial charge in [-0.15, -0.1) is 12.4 Å². The quantitative estimate of drug-likeness (QED) is 0.943. The van der Waals surface area contributed by atoms with Gasteiger partial charge in [0.05, 0.1) is 5.41 Å². The molecule has 0 aliphatic rings. The first-order valence-corrected chi connectivity index (χ1v) is 5.44. The van der Waals surface area contributed by atoms with E-state index in [0.717, 1.165) is 12.1 Å². The molecule has 0 saturated carbocycles. The van der Waals surface area contributed by atoms with Crippen molar-refractivity contribution in [2.24, 2.45) is 5.73 Å². The number of halogens is 3. The summed E-state index contributed by atoms with van der Waals surface area (Å²) in [6, 6.07) is 3.44. The fraction of sp³-hybridized carbons (Fsp3) is 0.333. The smallest absolute Gasteiger partial charge is 0.233 e. The third kappa shape index (κ3) is 3.08. The zero-order chi connectivity index (χ0) is 13.3. The molecule has 0 saturated heterocycles. The zero-order valence-electron chi connectivity index (χ0n) is 10.5. The molecule has 0 radical (unpaired) electrons. The van der Waals surface area contributed by atoms with Gasteiger partial charge in [0.2, 0.25) is 11.7 Å². The van der Waals surface area contributed by atoms with Crippen LogP contribution in [0.5, 0.6) is 0 Å². The van der Waals surface area contributed by atoms with Gasteiger partial charge in [0.15, 0.2) is 11.6 Å². The third-order valence-corrected chi connectivity index (χ3v) is 2.69. The summed E-state index contributed by atoms with van der Waals surface area (Å²) in [6.07, 6.45) is 0. The number of benzene rings is 1. The van der Waals surface area contributed by atoms with Crippen molar-refractivity contribution < 1.29 is 13.3 Å². The van der Waals surface area contributed by atoms with Crippen LogP contribution in [0.25, 0.3) is 11.4 Å². The Morgan fingerprint density at radius 1 is 1.26 bits per heavy atom. The first-order valence-electron chi connectivity index (χ1n) is 5.44. The largest absolute Gasteiger partial charge is 0.338 e. The van der Waals surface area contributed by atoms with Crippen molar-refractivity contribution >= 4 is 12.4 Å².